The van der Waals surface area contributed by atoms with Gasteiger partial charge < -0.3 is 0 Å². The second kappa shape index (κ2) is 8.61. The Labute approximate surface area is 102 Å². The number of rotatable bonds is 6. The second-order valence-electron chi connectivity index (χ2n) is 5.14. The van der Waals surface area contributed by atoms with Crippen molar-refractivity contribution in [3.8, 4) is 0 Å². The van der Waals surface area contributed by atoms with Crippen LogP contribution in [0.1, 0.15) is 65.2 Å². The van der Waals surface area contributed by atoms with E-state index in [-0.39, 0.29) is 0 Å². The van der Waals surface area contributed by atoms with Crippen molar-refractivity contribution >= 4 is 0 Å². The highest BCUT2D eigenvalue weighted by Gasteiger charge is 2.18. The number of hydrogen-bond donors (Lipinski definition) is 0. The first-order valence-electron chi connectivity index (χ1n) is 7.14. The lowest BCUT2D eigenvalue weighted by Gasteiger charge is -2.26. The summed E-state index contributed by atoms with van der Waals surface area (Å²) in [5.41, 5.74) is 0. The molecule has 0 heteroatoms. The minimum atomic E-state index is 0.893. The summed E-state index contributed by atoms with van der Waals surface area (Å²) in [6.07, 6.45) is 20.4. The molecule has 1 aliphatic carbocycles. The molecule has 1 rings (SSSR count). The third kappa shape index (κ3) is 5.53. The van der Waals surface area contributed by atoms with Gasteiger partial charge in [0.05, 0.1) is 0 Å². The van der Waals surface area contributed by atoms with Crippen LogP contribution in [0.4, 0.5) is 0 Å². The smallest absolute Gasteiger partial charge is 0.0233 e. The van der Waals surface area contributed by atoms with Gasteiger partial charge in [0.1, 0.15) is 0 Å². The average Bonchev–Trinajstić information content (AvgIpc) is 2.32. The summed E-state index contributed by atoms with van der Waals surface area (Å²) in [5, 5.41) is 0. The summed E-state index contributed by atoms with van der Waals surface area (Å²) in [7, 11) is 0. The van der Waals surface area contributed by atoms with E-state index in [1.54, 1.807) is 0 Å². The lowest BCUT2D eigenvalue weighted by Crippen LogP contribution is -2.12. The van der Waals surface area contributed by atoms with Crippen molar-refractivity contribution in [2.75, 3.05) is 0 Å². The molecule has 1 aliphatic rings. The molecule has 0 N–H and O–H groups in total. The topological polar surface area (TPSA) is 0 Å². The van der Waals surface area contributed by atoms with Crippen LogP contribution >= 0.6 is 0 Å². The molecule has 1 saturated carbocycles. The average molecular weight is 220 g/mol. The molecule has 0 spiro atoms. The zero-order chi connectivity index (χ0) is 11.6. The fourth-order valence-corrected chi connectivity index (χ4v) is 2.62. The van der Waals surface area contributed by atoms with Crippen molar-refractivity contribution in [2.45, 2.75) is 65.2 Å². The Morgan fingerprint density at radius 3 is 2.38 bits per heavy atom. The summed E-state index contributed by atoms with van der Waals surface area (Å²) in [4.78, 5) is 0. The Kier molecular flexibility index (Phi) is 7.29. The molecule has 0 nitrogen and oxygen atoms in total. The van der Waals surface area contributed by atoms with Crippen molar-refractivity contribution < 1.29 is 0 Å². The van der Waals surface area contributed by atoms with Crippen LogP contribution in [0, 0.1) is 11.8 Å². The normalized spacial score (nSPS) is 26.9. The van der Waals surface area contributed by atoms with Gasteiger partial charge in [-0.3, -0.25) is 0 Å². The van der Waals surface area contributed by atoms with E-state index in [0.717, 1.165) is 11.8 Å². The Bertz CT molecular complexity index is 204. The van der Waals surface area contributed by atoms with Gasteiger partial charge in [0, 0.05) is 0 Å². The molecular formula is C16H28. The van der Waals surface area contributed by atoms with Crippen molar-refractivity contribution in [3.63, 3.8) is 0 Å². The van der Waals surface area contributed by atoms with Gasteiger partial charge in [-0.05, 0) is 63.7 Å². The molecule has 0 amide bonds. The zero-order valence-electron chi connectivity index (χ0n) is 11.1. The largest absolute Gasteiger partial charge is 0.0917 e. The Morgan fingerprint density at radius 1 is 1.00 bits per heavy atom. The SMILES string of the molecule is CC=CCCC1CCC(C=CCCC)CC1. The Morgan fingerprint density at radius 2 is 1.75 bits per heavy atom. The minimum Gasteiger partial charge on any atom is -0.0917 e. The van der Waals surface area contributed by atoms with E-state index in [2.05, 4.69) is 38.2 Å². The second-order valence-corrected chi connectivity index (χ2v) is 5.14. The van der Waals surface area contributed by atoms with E-state index in [1.807, 2.05) is 0 Å². The Balaban J connectivity index is 2.13. The standard InChI is InChI=1S/C16H28/c1-3-5-7-9-15-11-13-16(14-12-15)10-8-6-4-2/h3,5,8,10,15-16H,4,6-7,9,11-14H2,1-2H3. The highest BCUT2D eigenvalue weighted by Crippen LogP contribution is 2.32. The maximum Gasteiger partial charge on any atom is -0.0233 e. The molecule has 0 radical (unpaired) electrons. The molecule has 1 fully saturated rings. The number of unbranched alkanes of at least 4 members (excludes halogenated alkanes) is 1. The fraction of sp³-hybridized carbons (Fsp3) is 0.750. The lowest BCUT2D eigenvalue weighted by atomic mass is 9.80. The van der Waals surface area contributed by atoms with E-state index in [9.17, 15) is 0 Å². The maximum absolute atomic E-state index is 2.48. The summed E-state index contributed by atoms with van der Waals surface area (Å²) in [6, 6.07) is 0. The molecule has 16 heavy (non-hydrogen) atoms. The number of hydrogen-bond acceptors (Lipinski definition) is 0. The molecule has 0 aromatic carbocycles. The van der Waals surface area contributed by atoms with E-state index in [1.165, 1.54) is 51.4 Å². The molecule has 0 atom stereocenters. The van der Waals surface area contributed by atoms with E-state index in [0.29, 0.717) is 0 Å². The van der Waals surface area contributed by atoms with Crippen LogP contribution in [-0.2, 0) is 0 Å². The zero-order valence-corrected chi connectivity index (χ0v) is 11.1. The monoisotopic (exact) mass is 220 g/mol. The Hall–Kier alpha value is -0.520. The van der Waals surface area contributed by atoms with Crippen molar-refractivity contribution in [1.29, 1.82) is 0 Å². The first-order valence-corrected chi connectivity index (χ1v) is 7.14. The highest BCUT2D eigenvalue weighted by molar-refractivity contribution is 4.91. The molecule has 0 unspecified atom stereocenters. The van der Waals surface area contributed by atoms with Crippen LogP contribution in [0.3, 0.4) is 0 Å². The highest BCUT2D eigenvalue weighted by atomic mass is 14.2. The molecule has 0 aromatic rings. The first-order chi connectivity index (χ1) is 7.86. The van der Waals surface area contributed by atoms with Crippen LogP contribution < -0.4 is 0 Å². The van der Waals surface area contributed by atoms with Crippen LogP contribution in [0.25, 0.3) is 0 Å². The van der Waals surface area contributed by atoms with Crippen LogP contribution in [-0.4, -0.2) is 0 Å². The van der Waals surface area contributed by atoms with Gasteiger partial charge in [-0.2, -0.15) is 0 Å². The van der Waals surface area contributed by atoms with Crippen LogP contribution in [0.5, 0.6) is 0 Å². The molecular weight excluding hydrogens is 192 g/mol. The van der Waals surface area contributed by atoms with Gasteiger partial charge in [0.15, 0.2) is 0 Å². The number of allylic oxidation sites excluding steroid dienone is 4. The third-order valence-electron chi connectivity index (χ3n) is 3.73. The summed E-state index contributed by atoms with van der Waals surface area (Å²) < 4.78 is 0. The van der Waals surface area contributed by atoms with Gasteiger partial charge in [-0.15, -0.1) is 0 Å². The lowest BCUT2D eigenvalue weighted by molar-refractivity contribution is 0.297. The molecule has 0 bridgehead atoms. The van der Waals surface area contributed by atoms with Crippen molar-refractivity contribution in [3.05, 3.63) is 24.3 Å². The van der Waals surface area contributed by atoms with Gasteiger partial charge in [-0.25, -0.2) is 0 Å². The summed E-state index contributed by atoms with van der Waals surface area (Å²) in [5.74, 6) is 1.90. The van der Waals surface area contributed by atoms with Gasteiger partial charge in [-0.1, -0.05) is 37.6 Å². The quantitative estimate of drug-likeness (QED) is 0.518. The van der Waals surface area contributed by atoms with Crippen LogP contribution in [0.2, 0.25) is 0 Å². The molecule has 0 heterocycles. The minimum absolute atomic E-state index is 0.893. The van der Waals surface area contributed by atoms with E-state index >= 15 is 0 Å². The molecule has 0 saturated heterocycles. The maximum atomic E-state index is 2.48. The molecule has 0 aromatic heterocycles. The van der Waals surface area contributed by atoms with Gasteiger partial charge in [0.2, 0.25) is 0 Å². The third-order valence-corrected chi connectivity index (χ3v) is 3.73. The van der Waals surface area contributed by atoms with E-state index in [4.69, 9.17) is 0 Å². The molecule has 0 aliphatic heterocycles. The van der Waals surface area contributed by atoms with Gasteiger partial charge in [0.25, 0.3) is 0 Å². The predicted octanol–water partition coefficient (Wildman–Crippen LogP) is 5.51. The van der Waals surface area contributed by atoms with Gasteiger partial charge >= 0.3 is 0 Å². The summed E-state index contributed by atoms with van der Waals surface area (Å²) >= 11 is 0. The fourth-order valence-electron chi connectivity index (χ4n) is 2.62. The van der Waals surface area contributed by atoms with E-state index < -0.39 is 0 Å². The summed E-state index contributed by atoms with van der Waals surface area (Å²) in [6.45, 7) is 4.37. The molecule has 92 valence electrons. The van der Waals surface area contributed by atoms with Crippen molar-refractivity contribution in [1.82, 2.24) is 0 Å². The first kappa shape index (κ1) is 13.5. The van der Waals surface area contributed by atoms with Crippen molar-refractivity contribution in [2.24, 2.45) is 11.8 Å². The van der Waals surface area contributed by atoms with Crippen LogP contribution in [0.15, 0.2) is 24.3 Å². The predicted molar refractivity (Wildman–Crippen MR) is 73.5 cm³/mol.